The molecule has 1 N–H and O–H groups in total. The third kappa shape index (κ3) is 1.63. The number of rotatable bonds is 2. The van der Waals surface area contributed by atoms with E-state index < -0.39 is 8.07 Å². The predicted molar refractivity (Wildman–Crippen MR) is 63.7 cm³/mol. The molecule has 2 aromatic rings. The van der Waals surface area contributed by atoms with Gasteiger partial charge in [0.25, 0.3) is 5.32 Å². The van der Waals surface area contributed by atoms with E-state index in [1.807, 2.05) is 18.2 Å². The van der Waals surface area contributed by atoms with E-state index in [4.69, 9.17) is 4.52 Å². The Balaban J connectivity index is 2.60. The summed E-state index contributed by atoms with van der Waals surface area (Å²) >= 11 is 0. The first kappa shape index (κ1) is 10.9. The summed E-state index contributed by atoms with van der Waals surface area (Å²) < 4.78 is 6.50. The van der Waals surface area contributed by atoms with Crippen LogP contribution < -0.4 is 20.8 Å². The van der Waals surface area contributed by atoms with Crippen molar-refractivity contribution >= 4 is 18.6 Å². The van der Waals surface area contributed by atoms with Crippen LogP contribution in [-0.2, 0) is 7.05 Å². The van der Waals surface area contributed by atoms with Crippen molar-refractivity contribution in [2.45, 2.75) is 13.1 Å². The molecule has 4 nitrogen and oxygen atoms in total. The van der Waals surface area contributed by atoms with E-state index in [2.05, 4.69) is 30.5 Å². The molecule has 0 unspecified atom stereocenters. The first-order chi connectivity index (χ1) is 7.53. The highest BCUT2D eigenvalue weighted by atomic mass is 28.3. The Morgan fingerprint density at radius 2 is 1.88 bits per heavy atom. The van der Waals surface area contributed by atoms with Crippen LogP contribution in [0.4, 0.5) is 0 Å². The quantitative estimate of drug-likeness (QED) is 0.569. The van der Waals surface area contributed by atoms with E-state index in [1.165, 1.54) is 5.19 Å². The number of hydrogen-bond acceptors (Lipinski definition) is 2. The van der Waals surface area contributed by atoms with Crippen LogP contribution >= 0.6 is 0 Å². The van der Waals surface area contributed by atoms with Gasteiger partial charge in [-0.05, 0) is 10.5 Å². The summed E-state index contributed by atoms with van der Waals surface area (Å²) in [4.78, 5) is 11.7. The maximum absolute atomic E-state index is 11.7. The highest BCUT2D eigenvalue weighted by Gasteiger charge is 2.40. The number of H-pyrrole nitrogens is 1. The van der Waals surface area contributed by atoms with E-state index in [1.54, 1.807) is 11.7 Å². The first-order valence-electron chi connectivity index (χ1n) is 5.17. The molecule has 0 spiro atoms. The molecule has 1 heterocycles. The van der Waals surface area contributed by atoms with Crippen LogP contribution in [0.25, 0.3) is 0 Å². The second kappa shape index (κ2) is 3.75. The van der Waals surface area contributed by atoms with Gasteiger partial charge in [-0.15, -0.1) is 0 Å². The summed E-state index contributed by atoms with van der Waals surface area (Å²) in [5, 5.41) is 4.55. The molecule has 5 heteroatoms. The molecule has 0 saturated carbocycles. The lowest BCUT2D eigenvalue weighted by molar-refractivity contribution is -0.724. The molecule has 1 aromatic heterocycles. The molecule has 1 aromatic carbocycles. The minimum Gasteiger partial charge on any atom is -0.284 e. The summed E-state index contributed by atoms with van der Waals surface area (Å²) in [5.41, 5.74) is -0.261. The lowest BCUT2D eigenvalue weighted by Gasteiger charge is -2.15. The molecule has 16 heavy (non-hydrogen) atoms. The van der Waals surface area contributed by atoms with E-state index in [9.17, 15) is 4.79 Å². The van der Waals surface area contributed by atoms with Gasteiger partial charge in [0.1, 0.15) is 0 Å². The van der Waals surface area contributed by atoms with Gasteiger partial charge in [0, 0.05) is 0 Å². The molecule has 0 bridgehead atoms. The third-order valence-corrected chi connectivity index (χ3v) is 6.39. The SMILES string of the molecule is C[n+]1[nH]oc(=O)c1[Si](C)(C)c1ccccc1. The van der Waals surface area contributed by atoms with Crippen molar-refractivity contribution in [3.05, 3.63) is 40.8 Å². The van der Waals surface area contributed by atoms with Crippen molar-refractivity contribution in [2.24, 2.45) is 7.05 Å². The average Bonchev–Trinajstić information content (AvgIpc) is 2.60. The predicted octanol–water partition coefficient (Wildman–Crippen LogP) is -0.385. The van der Waals surface area contributed by atoms with Gasteiger partial charge in [-0.1, -0.05) is 48.1 Å². The van der Waals surface area contributed by atoms with Gasteiger partial charge in [-0.3, -0.25) is 4.52 Å². The summed E-state index contributed by atoms with van der Waals surface area (Å²) in [6, 6.07) is 10.1. The Morgan fingerprint density at radius 3 is 2.38 bits per heavy atom. The Bertz CT molecular complexity index is 543. The number of nitrogens with zero attached hydrogens (tertiary/aromatic N) is 1. The molecular weight excluding hydrogens is 220 g/mol. The monoisotopic (exact) mass is 235 g/mol. The first-order valence-corrected chi connectivity index (χ1v) is 8.17. The minimum absolute atomic E-state index is 0.261. The summed E-state index contributed by atoms with van der Waals surface area (Å²) in [7, 11) is -0.163. The normalized spacial score (nSPS) is 11.7. The third-order valence-electron chi connectivity index (χ3n) is 2.89. The van der Waals surface area contributed by atoms with Crippen LogP contribution in [0.1, 0.15) is 0 Å². The minimum atomic E-state index is -1.97. The summed E-state index contributed by atoms with van der Waals surface area (Å²) in [6.45, 7) is 4.28. The molecule has 0 atom stereocenters. The Morgan fingerprint density at radius 1 is 1.25 bits per heavy atom. The van der Waals surface area contributed by atoms with Gasteiger partial charge in [0.05, 0.1) is 0 Å². The topological polar surface area (TPSA) is 49.9 Å². The molecule has 0 aliphatic rings. The zero-order valence-electron chi connectivity index (χ0n) is 9.65. The van der Waals surface area contributed by atoms with E-state index >= 15 is 0 Å². The van der Waals surface area contributed by atoms with Crippen LogP contribution in [-0.4, -0.2) is 13.3 Å². The Hall–Kier alpha value is -1.62. The molecule has 0 radical (unpaired) electrons. The van der Waals surface area contributed by atoms with Gasteiger partial charge < -0.3 is 0 Å². The second-order valence-corrected chi connectivity index (χ2v) is 8.68. The van der Waals surface area contributed by atoms with Crippen molar-refractivity contribution in [3.63, 3.8) is 0 Å². The summed E-state index contributed by atoms with van der Waals surface area (Å²) in [6.07, 6.45) is 0. The fraction of sp³-hybridized carbons (Fsp3) is 0.273. The number of hydrogen-bond donors (Lipinski definition) is 1. The number of aromatic nitrogens is 2. The fourth-order valence-corrected chi connectivity index (χ4v) is 4.75. The summed E-state index contributed by atoms with van der Waals surface area (Å²) in [5.74, 6) is 0. The number of nitrogens with one attached hydrogen (secondary N) is 1. The number of aryl methyl sites for hydroxylation is 1. The van der Waals surface area contributed by atoms with Crippen molar-refractivity contribution in [2.75, 3.05) is 0 Å². The van der Waals surface area contributed by atoms with Crippen molar-refractivity contribution in [1.82, 2.24) is 5.27 Å². The largest absolute Gasteiger partial charge is 0.424 e. The van der Waals surface area contributed by atoms with Crippen LogP contribution in [0.2, 0.25) is 13.1 Å². The van der Waals surface area contributed by atoms with Crippen molar-refractivity contribution in [1.29, 1.82) is 0 Å². The number of benzene rings is 1. The lowest BCUT2D eigenvalue weighted by Crippen LogP contribution is -2.69. The van der Waals surface area contributed by atoms with Crippen LogP contribution in [0.3, 0.4) is 0 Å². The van der Waals surface area contributed by atoms with Crippen LogP contribution in [0, 0.1) is 0 Å². The standard InChI is InChI=1S/C11H14N2O2Si/c1-13-10(11(14)15-12-13)16(2,3)9-7-5-4-6-8-9/h4-8H,1-3H3/p+1. The molecular formula is C11H15N2O2Si+. The van der Waals surface area contributed by atoms with Crippen LogP contribution in [0.5, 0.6) is 0 Å². The second-order valence-electron chi connectivity index (χ2n) is 4.38. The van der Waals surface area contributed by atoms with E-state index in [-0.39, 0.29) is 5.63 Å². The van der Waals surface area contributed by atoms with E-state index in [0.717, 1.165) is 5.32 Å². The van der Waals surface area contributed by atoms with Crippen molar-refractivity contribution < 1.29 is 9.20 Å². The maximum atomic E-state index is 11.7. The molecule has 0 aliphatic carbocycles. The maximum Gasteiger partial charge on any atom is 0.424 e. The van der Waals surface area contributed by atoms with E-state index in [0.29, 0.717) is 0 Å². The van der Waals surface area contributed by atoms with Crippen LogP contribution in [0.15, 0.2) is 39.6 Å². The Labute approximate surface area is 94.5 Å². The van der Waals surface area contributed by atoms with Gasteiger partial charge in [0.15, 0.2) is 7.05 Å². The van der Waals surface area contributed by atoms with Gasteiger partial charge in [-0.25, -0.2) is 4.79 Å². The molecule has 0 aliphatic heterocycles. The molecule has 2 rings (SSSR count). The number of aromatic amines is 1. The highest BCUT2D eigenvalue weighted by molar-refractivity contribution is 6.99. The lowest BCUT2D eigenvalue weighted by atomic mass is 10.4. The molecule has 0 saturated heterocycles. The zero-order chi connectivity index (χ0) is 11.8. The molecule has 0 amide bonds. The average molecular weight is 235 g/mol. The highest BCUT2D eigenvalue weighted by Crippen LogP contribution is 1.99. The van der Waals surface area contributed by atoms with Gasteiger partial charge in [-0.2, -0.15) is 0 Å². The molecule has 84 valence electrons. The molecule has 0 fully saturated rings. The smallest absolute Gasteiger partial charge is 0.284 e. The Kier molecular flexibility index (Phi) is 2.55. The zero-order valence-corrected chi connectivity index (χ0v) is 10.7. The van der Waals surface area contributed by atoms with Crippen molar-refractivity contribution in [3.8, 4) is 0 Å². The van der Waals surface area contributed by atoms with Gasteiger partial charge >= 0.3 is 5.63 Å². The fourth-order valence-electron chi connectivity index (χ4n) is 2.01. The van der Waals surface area contributed by atoms with Gasteiger partial charge in [0.2, 0.25) is 8.07 Å².